The molecule has 0 aromatic heterocycles. The Morgan fingerprint density at radius 1 is 0.821 bits per heavy atom. The zero-order valence-corrected chi connectivity index (χ0v) is 24.4. The summed E-state index contributed by atoms with van der Waals surface area (Å²) < 4.78 is 33.8. The van der Waals surface area contributed by atoms with E-state index < -0.39 is 20.3 Å². The summed E-state index contributed by atoms with van der Waals surface area (Å²) in [5.74, 6) is 0. The molecule has 0 rings (SSSR count). The van der Waals surface area contributed by atoms with Gasteiger partial charge in [0.25, 0.3) is 5.08 Å². The molecule has 8 nitrogen and oxygen atoms in total. The molecule has 2 unspecified atom stereocenters. The van der Waals surface area contributed by atoms with E-state index in [0.29, 0.717) is 12.8 Å². The first kappa shape index (κ1) is 34.6. The van der Waals surface area contributed by atoms with Gasteiger partial charge in [-0.05, 0) is 25.7 Å². The third-order valence-electron chi connectivity index (χ3n) is 4.49. The fourth-order valence-corrected chi connectivity index (χ4v) is 5.98. The van der Waals surface area contributed by atoms with Gasteiger partial charge in [0.15, 0.2) is 0 Å². The molecule has 3 N–H and O–H groups in total. The van der Waals surface area contributed by atoms with Gasteiger partial charge in [0, 0.05) is 14.2 Å². The van der Waals surface area contributed by atoms with Crippen molar-refractivity contribution in [3.8, 4) is 0 Å². The molecule has 168 valence electrons. The van der Waals surface area contributed by atoms with Crippen molar-refractivity contribution in [2.24, 2.45) is 0 Å². The van der Waals surface area contributed by atoms with E-state index in [-0.39, 0.29) is 61.4 Å². The van der Waals surface area contributed by atoms with Crippen LogP contribution in [0.3, 0.4) is 0 Å². The van der Waals surface area contributed by atoms with Gasteiger partial charge >= 0.3 is 44.7 Å². The fourth-order valence-electron chi connectivity index (χ4n) is 2.74. The van der Waals surface area contributed by atoms with E-state index in [0.717, 1.165) is 38.0 Å². The maximum absolute atomic E-state index is 12.0. The monoisotopic (exact) mass is 570 g/mol. The second-order valence-electron chi connectivity index (χ2n) is 7.77. The van der Waals surface area contributed by atoms with E-state index in [1.54, 1.807) is 0 Å². The van der Waals surface area contributed by atoms with Gasteiger partial charge in [-0.3, -0.25) is 9.13 Å². The standard InChI is InChI=1S/C16H37NO7P2.HI.Na.H/c1-17(2,3)15-13-11-9-7-6-8-10-12-14-16(18,25(19,20)23-4)26(21,22)24-5;;;/h18H,6-15H2,1-5H3,(H-,19,20,21,22);1H;;/q;;+1;-1/p+1. The van der Waals surface area contributed by atoms with Crippen LogP contribution in [0.1, 0.15) is 59.2 Å². The summed E-state index contributed by atoms with van der Waals surface area (Å²) >= 11 is 0. The van der Waals surface area contributed by atoms with Crippen LogP contribution in [0.15, 0.2) is 0 Å². The summed E-state index contributed by atoms with van der Waals surface area (Å²) in [6.07, 6.45) is 7.33. The van der Waals surface area contributed by atoms with Gasteiger partial charge in [0.05, 0.1) is 27.7 Å². The van der Waals surface area contributed by atoms with Crippen molar-refractivity contribution in [1.82, 2.24) is 0 Å². The SMILES string of the molecule is COP(=O)(O)C(O)(CCCCCCCCCC[N+](C)(C)C)P(=O)(O)OC.I.[H-].[Na+]. The molecule has 0 aliphatic carbocycles. The Morgan fingerprint density at radius 3 is 1.46 bits per heavy atom. The van der Waals surface area contributed by atoms with Crippen molar-refractivity contribution >= 4 is 39.2 Å². The van der Waals surface area contributed by atoms with Crippen molar-refractivity contribution in [3.63, 3.8) is 0 Å². The van der Waals surface area contributed by atoms with Gasteiger partial charge in [-0.15, -0.1) is 24.0 Å². The van der Waals surface area contributed by atoms with Crippen LogP contribution in [0, 0.1) is 0 Å². The Labute approximate surface area is 211 Å². The van der Waals surface area contributed by atoms with E-state index in [1.807, 2.05) is 0 Å². The Bertz CT molecular complexity index is 488. The van der Waals surface area contributed by atoms with Crippen LogP contribution in [0.25, 0.3) is 0 Å². The number of aliphatic hydroxyl groups is 1. The van der Waals surface area contributed by atoms with Gasteiger partial charge in [-0.25, -0.2) is 0 Å². The molecular formula is C16H40INNaO7P2+. The maximum atomic E-state index is 12.0. The first-order chi connectivity index (χ1) is 11.8. The van der Waals surface area contributed by atoms with E-state index in [9.17, 15) is 24.0 Å². The minimum Gasteiger partial charge on any atom is -1.00 e. The zero-order chi connectivity index (χ0) is 20.5. The van der Waals surface area contributed by atoms with Crippen molar-refractivity contribution in [3.05, 3.63) is 0 Å². The Morgan fingerprint density at radius 2 is 1.14 bits per heavy atom. The molecule has 0 saturated heterocycles. The average Bonchev–Trinajstić information content (AvgIpc) is 2.54. The van der Waals surface area contributed by atoms with Gasteiger partial charge < -0.3 is 29.9 Å². The molecule has 0 heterocycles. The first-order valence-corrected chi connectivity index (χ1v) is 12.3. The van der Waals surface area contributed by atoms with Crippen molar-refractivity contribution in [1.29, 1.82) is 0 Å². The fraction of sp³-hybridized carbons (Fsp3) is 1.00. The molecule has 0 aromatic rings. The summed E-state index contributed by atoms with van der Waals surface area (Å²) in [4.78, 5) is 19.5. The second kappa shape index (κ2) is 15.7. The van der Waals surface area contributed by atoms with Gasteiger partial charge in [0.1, 0.15) is 0 Å². The average molecular weight is 570 g/mol. The number of hydrogen-bond acceptors (Lipinski definition) is 5. The van der Waals surface area contributed by atoms with Crippen molar-refractivity contribution in [2.75, 3.05) is 41.9 Å². The van der Waals surface area contributed by atoms with Crippen LogP contribution in [0.5, 0.6) is 0 Å². The zero-order valence-electron chi connectivity index (χ0n) is 19.3. The molecule has 0 aliphatic rings. The number of unbranched alkanes of at least 4 members (excludes halogenated alkanes) is 7. The Kier molecular flexibility index (Phi) is 19.4. The molecule has 0 bridgehead atoms. The number of nitrogens with zero attached hydrogens (tertiary/aromatic N) is 1. The van der Waals surface area contributed by atoms with Crippen LogP contribution in [-0.2, 0) is 18.2 Å². The normalized spacial score (nSPS) is 18.1. The number of rotatable bonds is 15. The van der Waals surface area contributed by atoms with E-state index in [4.69, 9.17) is 0 Å². The molecule has 28 heavy (non-hydrogen) atoms. The molecule has 0 radical (unpaired) electrons. The number of hydrogen-bond donors (Lipinski definition) is 3. The number of halogens is 1. The van der Waals surface area contributed by atoms with Gasteiger partial charge in [0.2, 0.25) is 0 Å². The van der Waals surface area contributed by atoms with Gasteiger partial charge in [-0.1, -0.05) is 32.1 Å². The van der Waals surface area contributed by atoms with Crippen LogP contribution in [0.2, 0.25) is 0 Å². The summed E-state index contributed by atoms with van der Waals surface area (Å²) in [6, 6.07) is 0. The quantitative estimate of drug-likeness (QED) is 0.0894. The first-order valence-electron chi connectivity index (χ1n) is 9.13. The third-order valence-corrected chi connectivity index (χ3v) is 9.25. The predicted octanol–water partition coefficient (Wildman–Crippen LogP) is 1.25. The molecular weight excluding hydrogens is 530 g/mol. The topological polar surface area (TPSA) is 113 Å². The molecule has 0 amide bonds. The van der Waals surface area contributed by atoms with Crippen molar-refractivity contribution in [2.45, 2.75) is 62.9 Å². The van der Waals surface area contributed by atoms with E-state index in [1.165, 1.54) is 25.8 Å². The van der Waals surface area contributed by atoms with E-state index >= 15 is 0 Å². The van der Waals surface area contributed by atoms with Crippen LogP contribution < -0.4 is 29.6 Å². The van der Waals surface area contributed by atoms with Crippen LogP contribution in [-0.4, -0.2) is 66.4 Å². The molecule has 0 spiro atoms. The molecule has 0 fully saturated rings. The molecule has 0 aromatic carbocycles. The molecule has 0 aliphatic heterocycles. The van der Waals surface area contributed by atoms with Gasteiger partial charge in [-0.2, -0.15) is 0 Å². The van der Waals surface area contributed by atoms with E-state index in [2.05, 4.69) is 30.2 Å². The third kappa shape index (κ3) is 12.1. The minimum absolute atomic E-state index is 0. The van der Waals surface area contributed by atoms with Crippen LogP contribution in [0.4, 0.5) is 0 Å². The maximum Gasteiger partial charge on any atom is 1.00 e. The summed E-state index contributed by atoms with van der Waals surface area (Å²) in [7, 11) is -1.02. The number of quaternary nitrogens is 1. The summed E-state index contributed by atoms with van der Waals surface area (Å²) in [5, 5.41) is 7.56. The Hall–Kier alpha value is 1.95. The summed E-state index contributed by atoms with van der Waals surface area (Å²) in [5.41, 5.74) is 0. The molecule has 0 saturated carbocycles. The molecule has 2 atom stereocenters. The molecule has 12 heteroatoms. The predicted molar refractivity (Wildman–Crippen MR) is 120 cm³/mol. The second-order valence-corrected chi connectivity index (χ2v) is 12.4. The smallest absolute Gasteiger partial charge is 1.00 e. The summed E-state index contributed by atoms with van der Waals surface area (Å²) in [6.45, 7) is 1.17. The minimum atomic E-state index is -4.71. The Balaban J connectivity index is -0.00000104. The van der Waals surface area contributed by atoms with Crippen molar-refractivity contribution < 1.29 is 68.5 Å². The largest absolute Gasteiger partial charge is 1.00 e. The van der Waals surface area contributed by atoms with Crippen LogP contribution >= 0.6 is 39.2 Å².